The lowest BCUT2D eigenvalue weighted by molar-refractivity contribution is 0.306. The Balaban J connectivity index is 1.97. The number of hydrogen-bond donors (Lipinski definition) is 1. The van der Waals surface area contributed by atoms with Gasteiger partial charge in [0, 0.05) is 17.6 Å². The zero-order chi connectivity index (χ0) is 12.5. The average molecular weight is 240 g/mol. The summed E-state index contributed by atoms with van der Waals surface area (Å²) in [6, 6.07) is 11.0. The molecule has 0 aliphatic heterocycles. The summed E-state index contributed by atoms with van der Waals surface area (Å²) in [7, 11) is 0. The maximum absolute atomic E-state index is 6.30. The number of nitrogens with two attached hydrogens (primary N) is 1. The number of fused-ring (bicyclic) bond motifs is 1. The Kier molecular flexibility index (Phi) is 3.04. The fraction of sp³-hybridized carbons (Fsp3) is 0.438. The number of pyridine rings is 1. The van der Waals surface area contributed by atoms with Crippen molar-refractivity contribution >= 4 is 10.9 Å². The maximum Gasteiger partial charge on any atom is 0.0702 e. The first-order chi connectivity index (χ1) is 8.74. The van der Waals surface area contributed by atoms with Crippen molar-refractivity contribution in [2.45, 2.75) is 38.1 Å². The largest absolute Gasteiger partial charge is 0.327 e. The van der Waals surface area contributed by atoms with Crippen LogP contribution < -0.4 is 5.73 Å². The van der Waals surface area contributed by atoms with E-state index >= 15 is 0 Å². The molecular formula is C16H20N2. The molecule has 2 N–H and O–H groups in total. The van der Waals surface area contributed by atoms with Crippen molar-refractivity contribution < 1.29 is 0 Å². The van der Waals surface area contributed by atoms with Crippen molar-refractivity contribution in [3.8, 4) is 0 Å². The lowest BCUT2D eigenvalue weighted by Gasteiger charge is -2.33. The van der Waals surface area contributed by atoms with Crippen LogP contribution in [-0.4, -0.2) is 11.0 Å². The molecule has 1 aromatic heterocycles. The normalized spacial score (nSPS) is 28.4. The summed E-state index contributed by atoms with van der Waals surface area (Å²) in [6.07, 6.45) is 5.48. The molecule has 1 aromatic carbocycles. The maximum atomic E-state index is 6.30. The summed E-state index contributed by atoms with van der Waals surface area (Å²) < 4.78 is 0. The summed E-state index contributed by atoms with van der Waals surface area (Å²) in [6.45, 7) is 2.33. The van der Waals surface area contributed by atoms with Crippen LogP contribution in [0.3, 0.4) is 0 Å². The van der Waals surface area contributed by atoms with Crippen LogP contribution in [0.2, 0.25) is 0 Å². The predicted molar refractivity (Wildman–Crippen MR) is 75.5 cm³/mol. The van der Waals surface area contributed by atoms with Crippen LogP contribution in [0.1, 0.15) is 37.7 Å². The monoisotopic (exact) mass is 240 g/mol. The molecular weight excluding hydrogens is 220 g/mol. The molecule has 1 heterocycles. The molecule has 3 atom stereocenters. The predicted octanol–water partition coefficient (Wildman–Crippen LogP) is 3.47. The lowest BCUT2D eigenvalue weighted by atomic mass is 9.75. The minimum absolute atomic E-state index is 0.315. The average Bonchev–Trinajstić information content (AvgIpc) is 2.41. The van der Waals surface area contributed by atoms with Crippen molar-refractivity contribution in [2.24, 2.45) is 11.7 Å². The summed E-state index contributed by atoms with van der Waals surface area (Å²) in [5.41, 5.74) is 8.75. The molecule has 0 bridgehead atoms. The van der Waals surface area contributed by atoms with Crippen LogP contribution in [-0.2, 0) is 0 Å². The fourth-order valence-electron chi connectivity index (χ4n) is 3.11. The van der Waals surface area contributed by atoms with E-state index in [0.29, 0.717) is 12.0 Å². The number of rotatable bonds is 1. The van der Waals surface area contributed by atoms with E-state index in [1.54, 1.807) is 0 Å². The van der Waals surface area contributed by atoms with Gasteiger partial charge < -0.3 is 5.73 Å². The molecule has 2 nitrogen and oxygen atoms in total. The zero-order valence-corrected chi connectivity index (χ0v) is 10.8. The van der Waals surface area contributed by atoms with Crippen LogP contribution in [0.15, 0.2) is 36.5 Å². The highest BCUT2D eigenvalue weighted by atomic mass is 14.7. The third-order valence-electron chi connectivity index (χ3n) is 4.22. The van der Waals surface area contributed by atoms with E-state index in [0.717, 1.165) is 17.9 Å². The molecule has 0 saturated heterocycles. The van der Waals surface area contributed by atoms with Gasteiger partial charge in [-0.05, 0) is 54.9 Å². The van der Waals surface area contributed by atoms with Crippen LogP contribution in [0, 0.1) is 5.92 Å². The number of hydrogen-bond acceptors (Lipinski definition) is 2. The van der Waals surface area contributed by atoms with Crippen LogP contribution >= 0.6 is 0 Å². The summed E-state index contributed by atoms with van der Waals surface area (Å²) in [4.78, 5) is 4.37. The number of aromatic nitrogens is 1. The second-order valence-corrected chi connectivity index (χ2v) is 5.64. The Morgan fingerprint density at radius 2 is 2.11 bits per heavy atom. The first-order valence-electron chi connectivity index (χ1n) is 6.84. The Hall–Kier alpha value is -1.41. The highest BCUT2D eigenvalue weighted by Gasteiger charge is 2.27. The number of nitrogens with zero attached hydrogens (tertiary/aromatic N) is 1. The summed E-state index contributed by atoms with van der Waals surface area (Å²) >= 11 is 0. The van der Waals surface area contributed by atoms with E-state index in [-0.39, 0.29) is 0 Å². The molecule has 0 radical (unpaired) electrons. The van der Waals surface area contributed by atoms with Crippen molar-refractivity contribution in [3.63, 3.8) is 0 Å². The molecule has 18 heavy (non-hydrogen) atoms. The highest BCUT2D eigenvalue weighted by Crippen LogP contribution is 2.36. The summed E-state index contributed by atoms with van der Waals surface area (Å²) in [5, 5.41) is 1.22. The standard InChI is InChI=1S/C16H20N2/c1-11-4-6-15(17)14(9-11)12-5-7-16-13(10-12)3-2-8-18-16/h2-3,5,7-8,10-11,14-15H,4,6,9,17H2,1H3. The second kappa shape index (κ2) is 4.69. The molecule has 94 valence electrons. The Labute approximate surface area is 108 Å². The van der Waals surface area contributed by atoms with Gasteiger partial charge in [0.25, 0.3) is 0 Å². The van der Waals surface area contributed by atoms with E-state index in [9.17, 15) is 0 Å². The second-order valence-electron chi connectivity index (χ2n) is 5.64. The molecule has 2 aromatic rings. The number of benzene rings is 1. The van der Waals surface area contributed by atoms with E-state index in [4.69, 9.17) is 5.73 Å². The Morgan fingerprint density at radius 3 is 3.00 bits per heavy atom. The van der Waals surface area contributed by atoms with Gasteiger partial charge in [0.2, 0.25) is 0 Å². The van der Waals surface area contributed by atoms with Gasteiger partial charge in [0.1, 0.15) is 0 Å². The van der Waals surface area contributed by atoms with Gasteiger partial charge in [0.15, 0.2) is 0 Å². The zero-order valence-electron chi connectivity index (χ0n) is 10.8. The first-order valence-corrected chi connectivity index (χ1v) is 6.84. The Bertz CT molecular complexity index is 550. The van der Waals surface area contributed by atoms with E-state index in [1.807, 2.05) is 12.3 Å². The van der Waals surface area contributed by atoms with E-state index in [1.165, 1.54) is 23.8 Å². The molecule has 3 rings (SSSR count). The van der Waals surface area contributed by atoms with Gasteiger partial charge >= 0.3 is 0 Å². The third-order valence-corrected chi connectivity index (χ3v) is 4.22. The van der Waals surface area contributed by atoms with Gasteiger partial charge in [-0.15, -0.1) is 0 Å². The lowest BCUT2D eigenvalue weighted by Crippen LogP contribution is -2.33. The SMILES string of the molecule is CC1CCC(N)C(c2ccc3ncccc3c2)C1. The Morgan fingerprint density at radius 1 is 1.22 bits per heavy atom. The molecule has 1 saturated carbocycles. The van der Waals surface area contributed by atoms with Crippen LogP contribution in [0.25, 0.3) is 10.9 Å². The van der Waals surface area contributed by atoms with Crippen molar-refractivity contribution in [2.75, 3.05) is 0 Å². The molecule has 1 aliphatic rings. The van der Waals surface area contributed by atoms with Crippen molar-refractivity contribution in [1.82, 2.24) is 4.98 Å². The van der Waals surface area contributed by atoms with Gasteiger partial charge in [-0.1, -0.05) is 19.1 Å². The van der Waals surface area contributed by atoms with Gasteiger partial charge in [-0.3, -0.25) is 4.98 Å². The smallest absolute Gasteiger partial charge is 0.0702 e. The van der Waals surface area contributed by atoms with Crippen molar-refractivity contribution in [3.05, 3.63) is 42.1 Å². The van der Waals surface area contributed by atoms with Gasteiger partial charge in [0.05, 0.1) is 5.52 Å². The summed E-state index contributed by atoms with van der Waals surface area (Å²) in [5.74, 6) is 1.30. The highest BCUT2D eigenvalue weighted by molar-refractivity contribution is 5.79. The molecule has 1 fully saturated rings. The molecule has 0 spiro atoms. The molecule has 3 unspecified atom stereocenters. The molecule has 0 amide bonds. The van der Waals surface area contributed by atoms with Crippen molar-refractivity contribution in [1.29, 1.82) is 0 Å². The van der Waals surface area contributed by atoms with E-state index < -0.39 is 0 Å². The van der Waals surface area contributed by atoms with E-state index in [2.05, 4.69) is 36.2 Å². The molecule has 1 aliphatic carbocycles. The quantitative estimate of drug-likeness (QED) is 0.829. The minimum atomic E-state index is 0.315. The van der Waals surface area contributed by atoms with Gasteiger partial charge in [-0.2, -0.15) is 0 Å². The molecule has 2 heteroatoms. The third kappa shape index (κ3) is 2.13. The first kappa shape index (κ1) is 11.7. The minimum Gasteiger partial charge on any atom is -0.327 e. The topological polar surface area (TPSA) is 38.9 Å². The van der Waals surface area contributed by atoms with Gasteiger partial charge in [-0.25, -0.2) is 0 Å². The fourth-order valence-corrected chi connectivity index (χ4v) is 3.11. The van der Waals surface area contributed by atoms with Crippen LogP contribution in [0.4, 0.5) is 0 Å². The van der Waals surface area contributed by atoms with Crippen LogP contribution in [0.5, 0.6) is 0 Å².